The average molecular weight is 219 g/mol. The Balaban J connectivity index is 2.11. The third-order valence-electron chi connectivity index (χ3n) is 3.56. The molecule has 1 fully saturated rings. The molecule has 0 aliphatic carbocycles. The van der Waals surface area contributed by atoms with Crippen LogP contribution >= 0.6 is 0 Å². The normalized spacial score (nSPS) is 25.6. The molecule has 1 heterocycles. The highest BCUT2D eigenvalue weighted by atomic mass is 16.3. The first-order valence-electron chi connectivity index (χ1n) is 6.11. The molecular weight excluding hydrogens is 198 g/mol. The van der Waals surface area contributed by atoms with Crippen LogP contribution in [0.1, 0.15) is 24.0 Å². The molecule has 0 radical (unpaired) electrons. The summed E-state index contributed by atoms with van der Waals surface area (Å²) in [5, 5.41) is 13.0. The number of aryl methyl sites for hydroxylation is 1. The molecule has 16 heavy (non-hydrogen) atoms. The van der Waals surface area contributed by atoms with Crippen LogP contribution in [0.15, 0.2) is 24.3 Å². The summed E-state index contributed by atoms with van der Waals surface area (Å²) in [6, 6.07) is 8.62. The maximum atomic E-state index is 9.63. The van der Waals surface area contributed by atoms with Crippen LogP contribution in [-0.2, 0) is 6.42 Å². The number of nitrogens with one attached hydrogen (secondary N) is 1. The van der Waals surface area contributed by atoms with Crippen LogP contribution in [0.5, 0.6) is 0 Å². The van der Waals surface area contributed by atoms with E-state index >= 15 is 0 Å². The highest BCUT2D eigenvalue weighted by Crippen LogP contribution is 2.30. The van der Waals surface area contributed by atoms with E-state index in [0.717, 1.165) is 25.9 Å². The van der Waals surface area contributed by atoms with Gasteiger partial charge in [-0.25, -0.2) is 0 Å². The minimum absolute atomic E-state index is 0.0616. The number of piperidine rings is 1. The van der Waals surface area contributed by atoms with Crippen LogP contribution in [0.25, 0.3) is 0 Å². The van der Waals surface area contributed by atoms with Crippen LogP contribution in [0.2, 0.25) is 0 Å². The molecule has 2 nitrogen and oxygen atoms in total. The molecule has 1 aliphatic heterocycles. The first-order valence-corrected chi connectivity index (χ1v) is 6.11. The second-order valence-electron chi connectivity index (χ2n) is 5.10. The van der Waals surface area contributed by atoms with Gasteiger partial charge in [-0.2, -0.15) is 0 Å². The highest BCUT2D eigenvalue weighted by Gasteiger charge is 2.31. The molecule has 0 saturated carbocycles. The van der Waals surface area contributed by atoms with Gasteiger partial charge >= 0.3 is 0 Å². The molecule has 0 amide bonds. The third kappa shape index (κ3) is 2.63. The molecule has 1 aliphatic rings. The van der Waals surface area contributed by atoms with Crippen LogP contribution < -0.4 is 5.32 Å². The topological polar surface area (TPSA) is 32.3 Å². The first-order chi connectivity index (χ1) is 7.74. The van der Waals surface area contributed by atoms with Gasteiger partial charge < -0.3 is 10.4 Å². The number of rotatable bonds is 3. The molecule has 1 unspecified atom stereocenters. The van der Waals surface area contributed by atoms with Gasteiger partial charge in [0.25, 0.3) is 0 Å². The maximum Gasteiger partial charge on any atom is 0.0502 e. The number of hydrogen-bond acceptors (Lipinski definition) is 2. The Bertz CT molecular complexity index is 342. The van der Waals surface area contributed by atoms with Gasteiger partial charge in [0.2, 0.25) is 0 Å². The van der Waals surface area contributed by atoms with Crippen molar-refractivity contribution in [3.05, 3.63) is 35.4 Å². The van der Waals surface area contributed by atoms with Gasteiger partial charge in [-0.15, -0.1) is 0 Å². The van der Waals surface area contributed by atoms with Crippen molar-refractivity contribution in [2.75, 3.05) is 19.7 Å². The van der Waals surface area contributed by atoms with E-state index in [0.29, 0.717) is 0 Å². The van der Waals surface area contributed by atoms with Crippen LogP contribution in [0.3, 0.4) is 0 Å². The summed E-state index contributed by atoms with van der Waals surface area (Å²) < 4.78 is 0. The van der Waals surface area contributed by atoms with Crippen LogP contribution in [0.4, 0.5) is 0 Å². The summed E-state index contributed by atoms with van der Waals surface area (Å²) in [5.74, 6) is 0. The van der Waals surface area contributed by atoms with Crippen molar-refractivity contribution in [3.8, 4) is 0 Å². The second-order valence-corrected chi connectivity index (χ2v) is 5.10. The van der Waals surface area contributed by atoms with Gasteiger partial charge in [0.05, 0.1) is 6.61 Å². The van der Waals surface area contributed by atoms with Crippen molar-refractivity contribution in [3.63, 3.8) is 0 Å². The number of aliphatic hydroxyl groups excluding tert-OH is 1. The Morgan fingerprint density at radius 1 is 1.44 bits per heavy atom. The Kier molecular flexibility index (Phi) is 3.62. The smallest absolute Gasteiger partial charge is 0.0502 e. The fourth-order valence-corrected chi connectivity index (χ4v) is 2.63. The molecule has 0 spiro atoms. The van der Waals surface area contributed by atoms with E-state index in [1.54, 1.807) is 0 Å². The summed E-state index contributed by atoms with van der Waals surface area (Å²) in [5.41, 5.74) is 2.71. The van der Waals surface area contributed by atoms with E-state index in [9.17, 15) is 5.11 Å². The van der Waals surface area contributed by atoms with Crippen molar-refractivity contribution in [2.24, 2.45) is 5.41 Å². The standard InChI is InChI=1S/C14H21NO/c1-12-4-2-5-13(8-12)9-14(11-16)6-3-7-15-10-14/h2,4-5,8,15-16H,3,6-7,9-11H2,1H3. The Hall–Kier alpha value is -0.860. The summed E-state index contributed by atoms with van der Waals surface area (Å²) in [7, 11) is 0. The maximum absolute atomic E-state index is 9.63. The van der Waals surface area contributed by atoms with Crippen molar-refractivity contribution < 1.29 is 5.11 Å². The van der Waals surface area contributed by atoms with E-state index in [1.165, 1.54) is 17.5 Å². The largest absolute Gasteiger partial charge is 0.396 e. The minimum atomic E-state index is 0.0616. The molecule has 1 atom stereocenters. The molecule has 0 bridgehead atoms. The average Bonchev–Trinajstić information content (AvgIpc) is 2.30. The van der Waals surface area contributed by atoms with Crippen molar-refractivity contribution in [2.45, 2.75) is 26.2 Å². The summed E-state index contributed by atoms with van der Waals surface area (Å²) in [6.45, 7) is 4.44. The van der Waals surface area contributed by atoms with Gasteiger partial charge in [-0.1, -0.05) is 29.8 Å². The molecule has 1 aromatic rings. The molecule has 2 rings (SSSR count). The van der Waals surface area contributed by atoms with Crippen molar-refractivity contribution in [1.29, 1.82) is 0 Å². The fraction of sp³-hybridized carbons (Fsp3) is 0.571. The molecular formula is C14H21NO. The van der Waals surface area contributed by atoms with E-state index in [1.807, 2.05) is 0 Å². The molecule has 2 heteroatoms. The van der Waals surface area contributed by atoms with E-state index < -0.39 is 0 Å². The highest BCUT2D eigenvalue weighted by molar-refractivity contribution is 5.23. The Morgan fingerprint density at radius 2 is 2.31 bits per heavy atom. The predicted octanol–water partition coefficient (Wildman–Crippen LogP) is 1.90. The van der Waals surface area contributed by atoms with Crippen LogP contribution in [0, 0.1) is 12.3 Å². The zero-order valence-corrected chi connectivity index (χ0v) is 10.00. The number of aliphatic hydroxyl groups is 1. The van der Waals surface area contributed by atoms with Gasteiger partial charge in [0, 0.05) is 12.0 Å². The zero-order chi connectivity index (χ0) is 11.4. The van der Waals surface area contributed by atoms with E-state index in [4.69, 9.17) is 0 Å². The third-order valence-corrected chi connectivity index (χ3v) is 3.56. The molecule has 1 aromatic carbocycles. The van der Waals surface area contributed by atoms with Gasteiger partial charge in [0.1, 0.15) is 0 Å². The lowest BCUT2D eigenvalue weighted by Gasteiger charge is -2.36. The Labute approximate surface area is 97.7 Å². The molecule has 88 valence electrons. The van der Waals surface area contributed by atoms with Gasteiger partial charge in [-0.05, 0) is 38.3 Å². The fourth-order valence-electron chi connectivity index (χ4n) is 2.63. The predicted molar refractivity (Wildman–Crippen MR) is 66.5 cm³/mol. The summed E-state index contributed by atoms with van der Waals surface area (Å²) in [6.07, 6.45) is 3.29. The van der Waals surface area contributed by atoms with Crippen molar-refractivity contribution >= 4 is 0 Å². The molecule has 2 N–H and O–H groups in total. The Morgan fingerprint density at radius 3 is 2.94 bits per heavy atom. The minimum Gasteiger partial charge on any atom is -0.396 e. The van der Waals surface area contributed by atoms with Gasteiger partial charge in [-0.3, -0.25) is 0 Å². The monoisotopic (exact) mass is 219 g/mol. The molecule has 1 saturated heterocycles. The number of benzene rings is 1. The lowest BCUT2D eigenvalue weighted by molar-refractivity contribution is 0.0948. The number of hydrogen-bond donors (Lipinski definition) is 2. The quantitative estimate of drug-likeness (QED) is 0.814. The van der Waals surface area contributed by atoms with Gasteiger partial charge in [0.15, 0.2) is 0 Å². The zero-order valence-electron chi connectivity index (χ0n) is 10.00. The lowest BCUT2D eigenvalue weighted by atomic mass is 9.76. The molecule has 0 aromatic heterocycles. The first kappa shape index (κ1) is 11.6. The van der Waals surface area contributed by atoms with E-state index in [-0.39, 0.29) is 12.0 Å². The summed E-state index contributed by atoms with van der Waals surface area (Å²) >= 11 is 0. The second kappa shape index (κ2) is 4.98. The van der Waals surface area contributed by atoms with E-state index in [2.05, 4.69) is 36.5 Å². The SMILES string of the molecule is Cc1cccc(CC2(CO)CCCNC2)c1. The van der Waals surface area contributed by atoms with Crippen LogP contribution in [-0.4, -0.2) is 24.8 Å². The van der Waals surface area contributed by atoms with Crippen molar-refractivity contribution in [1.82, 2.24) is 5.32 Å². The lowest BCUT2D eigenvalue weighted by Crippen LogP contribution is -2.44. The summed E-state index contributed by atoms with van der Waals surface area (Å²) in [4.78, 5) is 0.